The van der Waals surface area contributed by atoms with Crippen LogP contribution in [-0.4, -0.2) is 27.2 Å². The number of aryl methyl sites for hydroxylation is 3. The Morgan fingerprint density at radius 2 is 1.78 bits per heavy atom. The van der Waals surface area contributed by atoms with Crippen molar-refractivity contribution in [1.82, 2.24) is 14.5 Å². The Hall–Kier alpha value is -2.17. The lowest BCUT2D eigenvalue weighted by Gasteiger charge is -2.13. The summed E-state index contributed by atoms with van der Waals surface area (Å²) < 4.78 is 8.23. The molecule has 0 radical (unpaired) electrons. The summed E-state index contributed by atoms with van der Waals surface area (Å²) in [4.78, 5) is 9.59. The Labute approximate surface area is 165 Å². The molecule has 0 saturated carbocycles. The second-order valence-corrected chi connectivity index (χ2v) is 7.78. The molecule has 2 aromatic heterocycles. The number of rotatable bonds is 2. The second-order valence-electron chi connectivity index (χ2n) is 7.38. The molecule has 0 unspecified atom stereocenters. The lowest BCUT2D eigenvalue weighted by molar-refractivity contribution is 0.0666. The fourth-order valence-electron chi connectivity index (χ4n) is 3.76. The minimum atomic E-state index is 0.147. The van der Waals surface area contributed by atoms with Gasteiger partial charge in [-0.25, -0.2) is 4.98 Å². The van der Waals surface area contributed by atoms with Crippen LogP contribution in [0.4, 0.5) is 0 Å². The maximum Gasteiger partial charge on any atom is 0.141 e. The van der Waals surface area contributed by atoms with E-state index in [1.807, 2.05) is 26.8 Å². The van der Waals surface area contributed by atoms with Crippen LogP contribution in [0.5, 0.6) is 0 Å². The van der Waals surface area contributed by atoms with Gasteiger partial charge in [-0.05, 0) is 51.5 Å². The first kappa shape index (κ1) is 18.2. The second kappa shape index (κ2) is 7.10. The summed E-state index contributed by atoms with van der Waals surface area (Å²) in [6.07, 6.45) is 0.987. The van der Waals surface area contributed by atoms with Gasteiger partial charge in [0.2, 0.25) is 0 Å². The summed E-state index contributed by atoms with van der Waals surface area (Å²) in [6.45, 7) is 9.67. The molecule has 27 heavy (non-hydrogen) atoms. The molecule has 0 spiro atoms. The topological polar surface area (TPSA) is 39.9 Å². The van der Waals surface area contributed by atoms with E-state index in [0.29, 0.717) is 6.61 Å². The van der Waals surface area contributed by atoms with Crippen LogP contribution < -0.4 is 0 Å². The molecule has 3 heterocycles. The zero-order valence-electron chi connectivity index (χ0n) is 16.2. The molecule has 140 valence electrons. The summed E-state index contributed by atoms with van der Waals surface area (Å²) in [6, 6.07) is 10.4. The lowest BCUT2D eigenvalue weighted by Crippen LogP contribution is -2.15. The monoisotopic (exact) mass is 381 g/mol. The van der Waals surface area contributed by atoms with Crippen molar-refractivity contribution >= 4 is 11.6 Å². The van der Waals surface area contributed by atoms with E-state index in [-0.39, 0.29) is 6.10 Å². The number of ether oxygens (including phenoxy) is 1. The van der Waals surface area contributed by atoms with E-state index in [0.717, 1.165) is 57.6 Å². The lowest BCUT2D eigenvalue weighted by atomic mass is 10.1. The predicted octanol–water partition coefficient (Wildman–Crippen LogP) is 5.15. The number of benzene rings is 1. The summed E-state index contributed by atoms with van der Waals surface area (Å²) in [5.41, 5.74) is 7.47. The smallest absolute Gasteiger partial charge is 0.141 e. The molecule has 0 saturated heterocycles. The molecule has 0 aliphatic carbocycles. The summed E-state index contributed by atoms with van der Waals surface area (Å²) in [5, 5.41) is 0.764. The maximum absolute atomic E-state index is 6.40. The molecule has 4 nitrogen and oxygen atoms in total. The van der Waals surface area contributed by atoms with Crippen molar-refractivity contribution in [2.75, 3.05) is 6.61 Å². The number of hydrogen-bond acceptors (Lipinski definition) is 3. The van der Waals surface area contributed by atoms with Gasteiger partial charge >= 0.3 is 0 Å². The van der Waals surface area contributed by atoms with Crippen LogP contribution in [0.1, 0.15) is 29.6 Å². The minimum Gasteiger partial charge on any atom is -0.376 e. The van der Waals surface area contributed by atoms with Gasteiger partial charge in [-0.3, -0.25) is 4.98 Å². The summed E-state index contributed by atoms with van der Waals surface area (Å²) in [7, 11) is 0. The standard InChI is InChI=1S/C22H24ClN3O/c1-13-5-6-17(11-19(13)23)22-25-21(18-9-14(2)24-15(3)10-18)20-7-8-27-16(4)12-26(20)22/h5-6,9-11,16H,7-8,12H2,1-4H3/t16-/m1/s1. The van der Waals surface area contributed by atoms with Crippen LogP contribution in [-0.2, 0) is 17.7 Å². The molecule has 0 amide bonds. The molecule has 3 aromatic rings. The molecule has 1 atom stereocenters. The number of pyridine rings is 1. The highest BCUT2D eigenvalue weighted by atomic mass is 35.5. The van der Waals surface area contributed by atoms with Gasteiger partial charge < -0.3 is 9.30 Å². The Morgan fingerprint density at radius 3 is 2.48 bits per heavy atom. The molecule has 1 aliphatic heterocycles. The zero-order valence-corrected chi connectivity index (χ0v) is 17.0. The molecule has 0 fully saturated rings. The zero-order chi connectivity index (χ0) is 19.1. The van der Waals surface area contributed by atoms with Crippen LogP contribution in [0.15, 0.2) is 30.3 Å². The van der Waals surface area contributed by atoms with E-state index in [9.17, 15) is 0 Å². The van der Waals surface area contributed by atoms with Gasteiger partial charge in [0.1, 0.15) is 5.82 Å². The number of aromatic nitrogens is 3. The highest BCUT2D eigenvalue weighted by Gasteiger charge is 2.24. The number of halogens is 1. The van der Waals surface area contributed by atoms with Crippen LogP contribution in [0.25, 0.3) is 22.6 Å². The molecule has 1 aliphatic rings. The third-order valence-electron chi connectivity index (χ3n) is 5.04. The highest BCUT2D eigenvalue weighted by Crippen LogP contribution is 2.33. The third-order valence-corrected chi connectivity index (χ3v) is 5.45. The van der Waals surface area contributed by atoms with Crippen LogP contribution >= 0.6 is 11.6 Å². The molecule has 1 aromatic carbocycles. The Balaban J connectivity index is 1.94. The fourth-order valence-corrected chi connectivity index (χ4v) is 3.94. The van der Waals surface area contributed by atoms with E-state index in [2.05, 4.69) is 40.7 Å². The van der Waals surface area contributed by atoms with E-state index < -0.39 is 0 Å². The molecule has 4 rings (SSSR count). The molecule has 0 bridgehead atoms. The van der Waals surface area contributed by atoms with E-state index in [1.165, 1.54) is 5.69 Å². The number of nitrogens with zero attached hydrogens (tertiary/aromatic N) is 3. The van der Waals surface area contributed by atoms with Crippen molar-refractivity contribution in [3.63, 3.8) is 0 Å². The van der Waals surface area contributed by atoms with Gasteiger partial charge in [0.05, 0.1) is 24.9 Å². The van der Waals surface area contributed by atoms with Gasteiger partial charge in [0, 0.05) is 39.7 Å². The van der Waals surface area contributed by atoms with E-state index >= 15 is 0 Å². The van der Waals surface area contributed by atoms with Crippen molar-refractivity contribution in [2.24, 2.45) is 0 Å². The van der Waals surface area contributed by atoms with Gasteiger partial charge in [0.15, 0.2) is 0 Å². The molecule has 0 N–H and O–H groups in total. The van der Waals surface area contributed by atoms with E-state index in [4.69, 9.17) is 21.3 Å². The van der Waals surface area contributed by atoms with Gasteiger partial charge in [-0.2, -0.15) is 0 Å². The van der Waals surface area contributed by atoms with Crippen LogP contribution in [0, 0.1) is 20.8 Å². The largest absolute Gasteiger partial charge is 0.376 e. The fraction of sp³-hybridized carbons (Fsp3) is 0.364. The number of imidazole rings is 1. The van der Waals surface area contributed by atoms with Gasteiger partial charge in [-0.1, -0.05) is 23.7 Å². The predicted molar refractivity (Wildman–Crippen MR) is 109 cm³/mol. The van der Waals surface area contributed by atoms with Crippen LogP contribution in [0.2, 0.25) is 5.02 Å². The first-order valence-electron chi connectivity index (χ1n) is 9.35. The van der Waals surface area contributed by atoms with Gasteiger partial charge in [-0.15, -0.1) is 0 Å². The summed E-state index contributed by atoms with van der Waals surface area (Å²) >= 11 is 6.40. The van der Waals surface area contributed by atoms with Crippen molar-refractivity contribution in [2.45, 2.75) is 46.8 Å². The SMILES string of the molecule is Cc1cc(-c2nc(-c3ccc(C)c(Cl)c3)n3c2CCO[C@H](C)C3)cc(C)n1. The number of hydrogen-bond donors (Lipinski definition) is 0. The Morgan fingerprint density at radius 1 is 1.04 bits per heavy atom. The van der Waals surface area contributed by atoms with Crippen molar-refractivity contribution in [3.8, 4) is 22.6 Å². The van der Waals surface area contributed by atoms with Crippen LogP contribution in [0.3, 0.4) is 0 Å². The highest BCUT2D eigenvalue weighted by molar-refractivity contribution is 6.31. The minimum absolute atomic E-state index is 0.147. The molecule has 5 heteroatoms. The quantitative estimate of drug-likeness (QED) is 0.616. The summed E-state index contributed by atoms with van der Waals surface area (Å²) in [5.74, 6) is 0.950. The first-order valence-corrected chi connectivity index (χ1v) is 9.73. The Kier molecular flexibility index (Phi) is 4.79. The first-order chi connectivity index (χ1) is 12.9. The third kappa shape index (κ3) is 3.52. The molecular weight excluding hydrogens is 358 g/mol. The number of fused-ring (bicyclic) bond motifs is 1. The normalized spacial score (nSPS) is 16.9. The maximum atomic E-state index is 6.40. The van der Waals surface area contributed by atoms with Crippen molar-refractivity contribution in [3.05, 3.63) is 58.0 Å². The van der Waals surface area contributed by atoms with Crippen molar-refractivity contribution in [1.29, 1.82) is 0 Å². The average molecular weight is 382 g/mol. The molecular formula is C22H24ClN3O. The van der Waals surface area contributed by atoms with Crippen molar-refractivity contribution < 1.29 is 4.74 Å². The van der Waals surface area contributed by atoms with E-state index in [1.54, 1.807) is 0 Å². The Bertz CT molecular complexity index is 989. The average Bonchev–Trinajstić information content (AvgIpc) is 2.83. The van der Waals surface area contributed by atoms with Gasteiger partial charge in [0.25, 0.3) is 0 Å².